The van der Waals surface area contributed by atoms with Gasteiger partial charge in [-0.1, -0.05) is 55.8 Å². The zero-order valence-electron chi connectivity index (χ0n) is 31.8. The third-order valence-corrected chi connectivity index (χ3v) is 11.9. The number of rotatable bonds is 11. The Kier molecular flexibility index (Phi) is 10.5. The molecule has 4 aromatic rings. The van der Waals surface area contributed by atoms with Gasteiger partial charge in [-0.05, 0) is 120 Å². The highest BCUT2D eigenvalue weighted by atomic mass is 35.5. The quantitative estimate of drug-likeness (QED) is 0.113. The normalized spacial score (nSPS) is 19.5. The standard InChI is InChI=1S/C46H50ClF2N2O2/c1-45(2)40(50(24-8-26-52-5)38-20-12-32-28-34(48)16-18-36(32)42(38)45)22-14-30-10-7-11-31(44(30)47)15-23-41-46(3,4)43-37-19-17-35(49)29-33(37)13-21-39(43)51(41)25-9-27-53-6/h12-23,28-29H,7-11,24-27H2,1-6H3/q+1. The van der Waals surface area contributed by atoms with Crippen molar-refractivity contribution in [2.45, 2.75) is 70.6 Å². The monoisotopic (exact) mass is 735 g/mol. The molecule has 2 heterocycles. The van der Waals surface area contributed by atoms with Crippen molar-refractivity contribution in [3.63, 3.8) is 0 Å². The van der Waals surface area contributed by atoms with Crippen LogP contribution < -0.4 is 4.90 Å². The Morgan fingerprint density at radius 3 is 2.13 bits per heavy atom. The van der Waals surface area contributed by atoms with Gasteiger partial charge >= 0.3 is 0 Å². The van der Waals surface area contributed by atoms with Gasteiger partial charge in [0.05, 0.1) is 12.0 Å². The van der Waals surface area contributed by atoms with Gasteiger partial charge in [-0.25, -0.2) is 8.78 Å². The lowest BCUT2D eigenvalue weighted by molar-refractivity contribution is -0.438. The topological polar surface area (TPSA) is 24.7 Å². The van der Waals surface area contributed by atoms with Crippen LogP contribution >= 0.6 is 11.6 Å². The third kappa shape index (κ3) is 6.79. The summed E-state index contributed by atoms with van der Waals surface area (Å²) in [4.78, 5) is 2.40. The van der Waals surface area contributed by atoms with Crippen LogP contribution in [0.5, 0.6) is 0 Å². The van der Waals surface area contributed by atoms with E-state index in [0.717, 1.165) is 94.3 Å². The van der Waals surface area contributed by atoms with Gasteiger partial charge in [-0.15, -0.1) is 0 Å². The van der Waals surface area contributed by atoms with Crippen LogP contribution in [-0.4, -0.2) is 50.8 Å². The predicted molar refractivity (Wildman–Crippen MR) is 216 cm³/mol. The highest BCUT2D eigenvalue weighted by Crippen LogP contribution is 2.51. The minimum atomic E-state index is -0.313. The van der Waals surface area contributed by atoms with Crippen molar-refractivity contribution in [2.24, 2.45) is 0 Å². The smallest absolute Gasteiger partial charge is 0.210 e. The number of allylic oxidation sites excluding steroid dienone is 8. The van der Waals surface area contributed by atoms with E-state index >= 15 is 0 Å². The molecule has 0 aromatic heterocycles. The average Bonchev–Trinajstić information content (AvgIpc) is 3.48. The first kappa shape index (κ1) is 37.2. The molecule has 0 N–H and O–H groups in total. The molecule has 1 aliphatic carbocycles. The van der Waals surface area contributed by atoms with E-state index in [1.807, 2.05) is 24.3 Å². The predicted octanol–water partition coefficient (Wildman–Crippen LogP) is 11.6. The summed E-state index contributed by atoms with van der Waals surface area (Å²) in [5, 5.41) is 4.79. The van der Waals surface area contributed by atoms with Crippen LogP contribution in [0.2, 0.25) is 0 Å². The van der Waals surface area contributed by atoms with Crippen LogP contribution in [0.3, 0.4) is 0 Å². The van der Waals surface area contributed by atoms with Gasteiger partial charge < -0.3 is 14.4 Å². The van der Waals surface area contributed by atoms with Gasteiger partial charge in [0.1, 0.15) is 11.6 Å². The number of ether oxygens (including phenoxy) is 2. The van der Waals surface area contributed by atoms with Crippen LogP contribution in [0.25, 0.3) is 21.5 Å². The summed E-state index contributed by atoms with van der Waals surface area (Å²) in [5.74, 6) is -0.449. The number of nitrogens with zero attached hydrogens (tertiary/aromatic N) is 2. The fourth-order valence-electron chi connectivity index (χ4n) is 8.91. The van der Waals surface area contributed by atoms with Gasteiger partial charge in [-0.2, -0.15) is 4.58 Å². The van der Waals surface area contributed by atoms with Crippen LogP contribution in [-0.2, 0) is 20.3 Å². The number of hydrogen-bond donors (Lipinski definition) is 0. The van der Waals surface area contributed by atoms with E-state index in [2.05, 4.69) is 73.6 Å². The fraction of sp³-hybridized carbons (Fsp3) is 0.370. The van der Waals surface area contributed by atoms with E-state index in [-0.39, 0.29) is 22.5 Å². The Labute approximate surface area is 317 Å². The molecule has 3 aliphatic rings. The maximum Gasteiger partial charge on any atom is 0.210 e. The lowest BCUT2D eigenvalue weighted by atomic mass is 9.78. The molecule has 0 saturated heterocycles. The largest absolute Gasteiger partial charge is 0.385 e. The van der Waals surface area contributed by atoms with Crippen molar-refractivity contribution in [3.05, 3.63) is 130 Å². The third-order valence-electron chi connectivity index (χ3n) is 11.4. The maximum atomic E-state index is 14.2. The van der Waals surface area contributed by atoms with E-state index in [4.69, 9.17) is 21.1 Å². The first-order valence-electron chi connectivity index (χ1n) is 18.8. The summed E-state index contributed by atoms with van der Waals surface area (Å²) in [6.07, 6.45) is 13.5. The van der Waals surface area contributed by atoms with E-state index < -0.39 is 0 Å². The van der Waals surface area contributed by atoms with Crippen molar-refractivity contribution in [1.82, 2.24) is 0 Å². The molecule has 0 spiro atoms. The molecular weight excluding hydrogens is 686 g/mol. The molecule has 0 atom stereocenters. The maximum absolute atomic E-state index is 14.2. The minimum Gasteiger partial charge on any atom is -0.385 e. The number of halogens is 3. The van der Waals surface area contributed by atoms with Crippen LogP contribution in [0.4, 0.5) is 20.2 Å². The molecule has 4 nitrogen and oxygen atoms in total. The number of anilines is 1. The molecule has 0 bridgehead atoms. The Morgan fingerprint density at radius 2 is 1.43 bits per heavy atom. The number of methoxy groups -OCH3 is 2. The number of hydrogen-bond acceptors (Lipinski definition) is 3. The molecule has 276 valence electrons. The van der Waals surface area contributed by atoms with Gasteiger partial charge in [0.2, 0.25) is 5.69 Å². The first-order chi connectivity index (χ1) is 25.5. The molecule has 0 unspecified atom stereocenters. The lowest BCUT2D eigenvalue weighted by Gasteiger charge is -2.27. The fourth-order valence-corrected chi connectivity index (χ4v) is 9.23. The average molecular weight is 736 g/mol. The lowest BCUT2D eigenvalue weighted by Crippen LogP contribution is -2.28. The summed E-state index contributed by atoms with van der Waals surface area (Å²) in [6.45, 7) is 12.0. The second kappa shape index (κ2) is 15.0. The molecule has 0 fully saturated rings. The SMILES string of the molecule is COCCCN1/C(=C/C=C2\CCCC(/C=C/C3=[N+](CCCOC)c4ccc5cc(F)ccc5c4C3(C)C)=C2Cl)C(C)(C)c2c1ccc1cc(F)ccc21. The molecule has 0 radical (unpaired) electrons. The summed E-state index contributed by atoms with van der Waals surface area (Å²) >= 11 is 7.29. The Morgan fingerprint density at radius 1 is 0.774 bits per heavy atom. The van der Waals surface area contributed by atoms with Gasteiger partial charge in [-0.3, -0.25) is 0 Å². The summed E-state index contributed by atoms with van der Waals surface area (Å²) in [5.41, 5.74) is 8.78. The molecule has 2 aliphatic heterocycles. The number of benzene rings is 4. The molecule has 7 rings (SSSR count). The molecule has 0 amide bonds. The Bertz CT molecular complexity index is 2240. The Balaban J connectivity index is 1.26. The van der Waals surface area contributed by atoms with E-state index in [1.165, 1.54) is 22.5 Å². The van der Waals surface area contributed by atoms with Crippen molar-refractivity contribution in [1.29, 1.82) is 0 Å². The highest BCUT2D eigenvalue weighted by Gasteiger charge is 2.45. The van der Waals surface area contributed by atoms with Crippen molar-refractivity contribution >= 4 is 50.2 Å². The molecule has 53 heavy (non-hydrogen) atoms. The molecule has 7 heteroatoms. The molecule has 4 aromatic carbocycles. The van der Waals surface area contributed by atoms with Gasteiger partial charge in [0.15, 0.2) is 12.3 Å². The molecule has 0 saturated carbocycles. The summed E-state index contributed by atoms with van der Waals surface area (Å²) < 4.78 is 41.8. The second-order valence-corrected chi connectivity index (χ2v) is 15.9. The molecular formula is C46H50ClF2N2O2+. The van der Waals surface area contributed by atoms with Crippen LogP contribution in [0, 0.1) is 11.6 Å². The van der Waals surface area contributed by atoms with Crippen LogP contribution in [0.15, 0.2) is 107 Å². The Hall–Kier alpha value is -4.10. The number of fused-ring (bicyclic) bond motifs is 6. The van der Waals surface area contributed by atoms with Crippen molar-refractivity contribution < 1.29 is 22.8 Å². The van der Waals surface area contributed by atoms with E-state index in [1.54, 1.807) is 38.5 Å². The van der Waals surface area contributed by atoms with Crippen LogP contribution in [0.1, 0.15) is 70.9 Å². The van der Waals surface area contributed by atoms with Crippen molar-refractivity contribution in [2.75, 3.05) is 45.4 Å². The van der Waals surface area contributed by atoms with Crippen molar-refractivity contribution in [3.8, 4) is 0 Å². The van der Waals surface area contributed by atoms with Gasteiger partial charge in [0, 0.05) is 73.3 Å². The highest BCUT2D eigenvalue weighted by molar-refractivity contribution is 6.32. The van der Waals surface area contributed by atoms with E-state index in [9.17, 15) is 8.78 Å². The zero-order valence-corrected chi connectivity index (χ0v) is 32.5. The summed E-state index contributed by atoms with van der Waals surface area (Å²) in [7, 11) is 3.48. The zero-order chi connectivity index (χ0) is 37.5. The first-order valence-corrected chi connectivity index (χ1v) is 19.2. The van der Waals surface area contributed by atoms with Gasteiger partial charge in [0.25, 0.3) is 0 Å². The summed E-state index contributed by atoms with van der Waals surface area (Å²) in [6, 6.07) is 18.5. The second-order valence-electron chi connectivity index (χ2n) is 15.6. The van der Waals surface area contributed by atoms with E-state index in [0.29, 0.717) is 13.2 Å². The minimum absolute atomic E-state index is 0.224.